The molecular weight excluding hydrogens is 320 g/mol. The van der Waals surface area contributed by atoms with Crippen LogP contribution in [0.4, 0.5) is 0 Å². The number of hydrogen-bond donors (Lipinski definition) is 0. The Balaban J connectivity index is 1.60. The fraction of sp³-hybridized carbons (Fsp3) is 0.250. The number of para-hydroxylation sites is 1. The van der Waals surface area contributed by atoms with Crippen LogP contribution >= 0.6 is 11.6 Å². The Morgan fingerprint density at radius 3 is 2.96 bits per heavy atom. The molecule has 0 saturated heterocycles. The highest BCUT2D eigenvalue weighted by Crippen LogP contribution is 2.28. The summed E-state index contributed by atoms with van der Waals surface area (Å²) in [7, 11) is 0. The molecule has 2 aromatic carbocycles. The lowest BCUT2D eigenvalue weighted by atomic mass is 10.1. The second-order valence-corrected chi connectivity index (χ2v) is 6.78. The van der Waals surface area contributed by atoms with Crippen LogP contribution in [0, 0.1) is 0 Å². The smallest absolute Gasteiger partial charge is 0.124 e. The van der Waals surface area contributed by atoms with E-state index in [0.29, 0.717) is 0 Å². The first-order chi connectivity index (χ1) is 11.7. The largest absolute Gasteiger partial charge is 0.489 e. The summed E-state index contributed by atoms with van der Waals surface area (Å²) in [6, 6.07) is 18.3. The molecular formula is C20H19ClN2O. The number of aromatic nitrogens is 1. The summed E-state index contributed by atoms with van der Waals surface area (Å²) >= 11 is 6.15. The van der Waals surface area contributed by atoms with Crippen molar-refractivity contribution in [2.75, 3.05) is 6.54 Å². The molecule has 0 N–H and O–H groups in total. The molecule has 0 amide bonds. The molecule has 4 heteroatoms. The van der Waals surface area contributed by atoms with Crippen LogP contribution in [0.2, 0.25) is 5.02 Å². The van der Waals surface area contributed by atoms with E-state index in [1.807, 2.05) is 30.3 Å². The van der Waals surface area contributed by atoms with Gasteiger partial charge < -0.3 is 4.74 Å². The van der Waals surface area contributed by atoms with Crippen LogP contribution in [-0.2, 0) is 13.1 Å². The first kappa shape index (κ1) is 15.4. The van der Waals surface area contributed by atoms with E-state index >= 15 is 0 Å². The van der Waals surface area contributed by atoms with Crippen LogP contribution in [0.3, 0.4) is 0 Å². The number of hydrogen-bond acceptors (Lipinski definition) is 3. The normalized spacial score (nSPS) is 18.0. The van der Waals surface area contributed by atoms with Gasteiger partial charge in [-0.05, 0) is 37.3 Å². The van der Waals surface area contributed by atoms with E-state index in [-0.39, 0.29) is 6.10 Å². The zero-order valence-corrected chi connectivity index (χ0v) is 14.3. The summed E-state index contributed by atoms with van der Waals surface area (Å²) in [5.41, 5.74) is 3.25. The van der Waals surface area contributed by atoms with Gasteiger partial charge >= 0.3 is 0 Å². The van der Waals surface area contributed by atoms with Gasteiger partial charge in [-0.1, -0.05) is 35.9 Å². The molecule has 1 aliphatic rings. The van der Waals surface area contributed by atoms with Gasteiger partial charge in [-0.15, -0.1) is 0 Å². The third-order valence-electron chi connectivity index (χ3n) is 4.30. The standard InChI is InChI=1S/C20H19ClN2O/c1-14-11-23(12-16-10-17(21)7-9-20(16)24-14)13-18-8-6-15-4-2-3-5-19(15)22-18/h2-10,14H,11-13H2,1H3. The molecule has 0 spiro atoms. The van der Waals surface area contributed by atoms with E-state index in [0.717, 1.165) is 47.2 Å². The highest BCUT2D eigenvalue weighted by atomic mass is 35.5. The predicted molar refractivity (Wildman–Crippen MR) is 97.4 cm³/mol. The first-order valence-corrected chi connectivity index (χ1v) is 8.57. The lowest BCUT2D eigenvalue weighted by Gasteiger charge is -2.21. The number of pyridine rings is 1. The van der Waals surface area contributed by atoms with Gasteiger partial charge in [0.25, 0.3) is 0 Å². The van der Waals surface area contributed by atoms with Gasteiger partial charge in [-0.2, -0.15) is 0 Å². The number of fused-ring (bicyclic) bond motifs is 2. The third kappa shape index (κ3) is 3.23. The zero-order chi connectivity index (χ0) is 16.5. The van der Waals surface area contributed by atoms with E-state index in [4.69, 9.17) is 21.3 Å². The minimum atomic E-state index is 0.132. The Bertz CT molecular complexity index is 880. The van der Waals surface area contributed by atoms with Crippen LogP contribution in [0.15, 0.2) is 54.6 Å². The lowest BCUT2D eigenvalue weighted by Crippen LogP contribution is -2.30. The second-order valence-electron chi connectivity index (χ2n) is 6.35. The minimum Gasteiger partial charge on any atom is -0.489 e. The highest BCUT2D eigenvalue weighted by Gasteiger charge is 2.20. The number of halogens is 1. The fourth-order valence-electron chi connectivity index (χ4n) is 3.26. The van der Waals surface area contributed by atoms with Gasteiger partial charge in [0, 0.05) is 35.6 Å². The number of nitrogens with zero attached hydrogens (tertiary/aromatic N) is 2. The number of benzene rings is 2. The Kier molecular flexibility index (Phi) is 4.13. The van der Waals surface area contributed by atoms with E-state index in [1.54, 1.807) is 0 Å². The molecule has 0 fully saturated rings. The van der Waals surface area contributed by atoms with Crippen LogP contribution in [0.1, 0.15) is 18.2 Å². The Morgan fingerprint density at radius 2 is 2.04 bits per heavy atom. The van der Waals surface area contributed by atoms with Crippen molar-refractivity contribution in [1.82, 2.24) is 9.88 Å². The summed E-state index contributed by atoms with van der Waals surface area (Å²) < 4.78 is 6.03. The van der Waals surface area contributed by atoms with E-state index < -0.39 is 0 Å². The maximum atomic E-state index is 6.15. The third-order valence-corrected chi connectivity index (χ3v) is 4.54. The van der Waals surface area contributed by atoms with Crippen molar-refractivity contribution in [1.29, 1.82) is 0 Å². The first-order valence-electron chi connectivity index (χ1n) is 8.19. The molecule has 1 aliphatic heterocycles. The summed E-state index contributed by atoms with van der Waals surface area (Å²) in [4.78, 5) is 7.15. The fourth-order valence-corrected chi connectivity index (χ4v) is 3.45. The van der Waals surface area contributed by atoms with Gasteiger partial charge in [-0.25, -0.2) is 0 Å². The van der Waals surface area contributed by atoms with Crippen LogP contribution < -0.4 is 4.74 Å². The maximum Gasteiger partial charge on any atom is 0.124 e. The summed E-state index contributed by atoms with van der Waals surface area (Å²) in [5, 5.41) is 1.92. The lowest BCUT2D eigenvalue weighted by molar-refractivity contribution is 0.155. The summed E-state index contributed by atoms with van der Waals surface area (Å²) in [5.74, 6) is 0.931. The molecule has 1 unspecified atom stereocenters. The molecule has 0 saturated carbocycles. The molecule has 0 aliphatic carbocycles. The molecule has 2 heterocycles. The van der Waals surface area contributed by atoms with Gasteiger partial charge in [0.15, 0.2) is 0 Å². The van der Waals surface area contributed by atoms with E-state index in [1.165, 1.54) is 5.39 Å². The van der Waals surface area contributed by atoms with Crippen molar-refractivity contribution in [3.05, 3.63) is 70.9 Å². The summed E-state index contributed by atoms with van der Waals surface area (Å²) in [6.07, 6.45) is 0.132. The van der Waals surface area contributed by atoms with Gasteiger partial charge in [0.05, 0.1) is 11.2 Å². The molecule has 1 aromatic heterocycles. The maximum absolute atomic E-state index is 6.15. The van der Waals surface area contributed by atoms with Gasteiger partial charge in [0.1, 0.15) is 11.9 Å². The quantitative estimate of drug-likeness (QED) is 0.679. The van der Waals surface area contributed by atoms with Crippen molar-refractivity contribution in [3.8, 4) is 5.75 Å². The average molecular weight is 339 g/mol. The Hall–Kier alpha value is -2.10. The topological polar surface area (TPSA) is 25.4 Å². The van der Waals surface area contributed by atoms with Crippen LogP contribution in [0.25, 0.3) is 10.9 Å². The second kappa shape index (κ2) is 6.42. The Morgan fingerprint density at radius 1 is 1.17 bits per heavy atom. The monoisotopic (exact) mass is 338 g/mol. The van der Waals surface area contributed by atoms with Gasteiger partial charge in [-0.3, -0.25) is 9.88 Å². The van der Waals surface area contributed by atoms with E-state index in [9.17, 15) is 0 Å². The Labute approximate surface area is 146 Å². The zero-order valence-electron chi connectivity index (χ0n) is 13.6. The molecule has 3 nitrogen and oxygen atoms in total. The van der Waals surface area contributed by atoms with Crippen molar-refractivity contribution in [2.45, 2.75) is 26.1 Å². The number of rotatable bonds is 2. The van der Waals surface area contributed by atoms with Crippen molar-refractivity contribution in [2.24, 2.45) is 0 Å². The molecule has 3 aromatic rings. The molecule has 0 radical (unpaired) electrons. The van der Waals surface area contributed by atoms with Crippen molar-refractivity contribution < 1.29 is 4.74 Å². The van der Waals surface area contributed by atoms with Crippen LogP contribution in [-0.4, -0.2) is 22.5 Å². The summed E-state index contributed by atoms with van der Waals surface area (Å²) in [6.45, 7) is 4.57. The average Bonchev–Trinajstić information content (AvgIpc) is 2.72. The van der Waals surface area contributed by atoms with Crippen molar-refractivity contribution >= 4 is 22.5 Å². The minimum absolute atomic E-state index is 0.132. The highest BCUT2D eigenvalue weighted by molar-refractivity contribution is 6.30. The molecule has 122 valence electrons. The van der Waals surface area contributed by atoms with Crippen LogP contribution in [0.5, 0.6) is 5.75 Å². The molecule has 1 atom stereocenters. The SMILES string of the molecule is CC1CN(Cc2ccc3ccccc3n2)Cc2cc(Cl)ccc2O1. The van der Waals surface area contributed by atoms with E-state index in [2.05, 4.69) is 36.1 Å². The molecule has 4 rings (SSSR count). The molecule has 0 bridgehead atoms. The number of ether oxygens (including phenoxy) is 1. The van der Waals surface area contributed by atoms with Crippen molar-refractivity contribution in [3.63, 3.8) is 0 Å². The molecule has 24 heavy (non-hydrogen) atoms. The van der Waals surface area contributed by atoms with Gasteiger partial charge in [0.2, 0.25) is 0 Å². The predicted octanol–water partition coefficient (Wildman–Crippen LogP) is 4.67.